The number of benzene rings is 1. The lowest BCUT2D eigenvalue weighted by Gasteiger charge is -2.06. The number of nitrogens with one attached hydrogen (secondary N) is 1. The van der Waals surface area contributed by atoms with Crippen molar-refractivity contribution < 1.29 is 0 Å². The molecule has 0 bridgehead atoms. The van der Waals surface area contributed by atoms with Crippen LogP contribution in [0.2, 0.25) is 5.02 Å². The summed E-state index contributed by atoms with van der Waals surface area (Å²) in [4.78, 5) is 11.7. The topological polar surface area (TPSA) is 46.9 Å². The Morgan fingerprint density at radius 3 is 2.88 bits per heavy atom. The Morgan fingerprint density at radius 2 is 2.24 bits per heavy atom. The average Bonchev–Trinajstić information content (AvgIpc) is 2.32. The highest BCUT2D eigenvalue weighted by atomic mass is 35.5. The molecule has 0 saturated heterocycles. The minimum Gasteiger partial charge on any atom is -0.387 e. The maximum absolute atomic E-state index is 11.7. The molecule has 4 nitrogen and oxygen atoms in total. The van der Waals surface area contributed by atoms with E-state index in [0.717, 1.165) is 5.56 Å². The van der Waals surface area contributed by atoms with Crippen LogP contribution in [0.3, 0.4) is 0 Å². The van der Waals surface area contributed by atoms with Crippen molar-refractivity contribution in [3.8, 4) is 0 Å². The Balaban J connectivity index is 2.27. The maximum Gasteiger partial charge on any atom is 0.269 e. The highest BCUT2D eigenvalue weighted by Crippen LogP contribution is 2.11. The monoisotopic (exact) mass is 249 g/mol. The van der Waals surface area contributed by atoms with Gasteiger partial charge in [0.05, 0.1) is 18.4 Å². The van der Waals surface area contributed by atoms with Gasteiger partial charge in [-0.2, -0.15) is 5.10 Å². The SMILES string of the molecule is CNc1cnn(Cc2cccc(Cl)c2)c(=O)c1. The van der Waals surface area contributed by atoms with Crippen LogP contribution in [0, 0.1) is 0 Å². The third-order valence-corrected chi connectivity index (χ3v) is 2.61. The molecule has 1 aromatic carbocycles. The van der Waals surface area contributed by atoms with E-state index in [1.54, 1.807) is 19.3 Å². The molecule has 5 heteroatoms. The molecule has 0 saturated carbocycles. The average molecular weight is 250 g/mol. The molecule has 0 radical (unpaired) electrons. The fourth-order valence-corrected chi connectivity index (χ4v) is 1.71. The molecular formula is C12H12ClN3O. The molecular weight excluding hydrogens is 238 g/mol. The first kappa shape index (κ1) is 11.7. The number of aromatic nitrogens is 2. The Morgan fingerprint density at radius 1 is 1.41 bits per heavy atom. The lowest BCUT2D eigenvalue weighted by atomic mass is 10.2. The van der Waals surface area contributed by atoms with Crippen molar-refractivity contribution in [2.45, 2.75) is 6.54 Å². The van der Waals surface area contributed by atoms with Gasteiger partial charge in [0.2, 0.25) is 0 Å². The fourth-order valence-electron chi connectivity index (χ4n) is 1.50. The smallest absolute Gasteiger partial charge is 0.269 e. The van der Waals surface area contributed by atoms with Gasteiger partial charge in [-0.25, -0.2) is 4.68 Å². The van der Waals surface area contributed by atoms with Crippen LogP contribution in [0.1, 0.15) is 5.56 Å². The van der Waals surface area contributed by atoms with E-state index < -0.39 is 0 Å². The van der Waals surface area contributed by atoms with Gasteiger partial charge in [0.25, 0.3) is 5.56 Å². The molecule has 1 N–H and O–H groups in total. The fraction of sp³-hybridized carbons (Fsp3) is 0.167. The Hall–Kier alpha value is -1.81. The number of nitrogens with zero attached hydrogens (tertiary/aromatic N) is 2. The second kappa shape index (κ2) is 5.01. The van der Waals surface area contributed by atoms with Gasteiger partial charge in [-0.3, -0.25) is 4.79 Å². The van der Waals surface area contributed by atoms with Gasteiger partial charge in [-0.1, -0.05) is 23.7 Å². The van der Waals surface area contributed by atoms with Crippen LogP contribution in [0.15, 0.2) is 41.3 Å². The summed E-state index contributed by atoms with van der Waals surface area (Å²) in [5.74, 6) is 0. The zero-order chi connectivity index (χ0) is 12.3. The highest BCUT2D eigenvalue weighted by molar-refractivity contribution is 6.30. The predicted octanol–water partition coefficient (Wildman–Crippen LogP) is 1.99. The van der Waals surface area contributed by atoms with Crippen molar-refractivity contribution in [3.05, 3.63) is 57.5 Å². The van der Waals surface area contributed by atoms with Crippen LogP contribution in [-0.2, 0) is 6.54 Å². The Bertz CT molecular complexity index is 580. The van der Waals surface area contributed by atoms with E-state index in [1.165, 1.54) is 10.7 Å². The first-order valence-corrected chi connectivity index (χ1v) is 5.56. The van der Waals surface area contributed by atoms with Crippen LogP contribution in [0.5, 0.6) is 0 Å². The summed E-state index contributed by atoms with van der Waals surface area (Å²) in [6, 6.07) is 8.89. The zero-order valence-corrected chi connectivity index (χ0v) is 10.1. The summed E-state index contributed by atoms with van der Waals surface area (Å²) in [5.41, 5.74) is 1.51. The van der Waals surface area contributed by atoms with E-state index in [9.17, 15) is 4.79 Å². The van der Waals surface area contributed by atoms with Crippen LogP contribution in [-0.4, -0.2) is 16.8 Å². The third kappa shape index (κ3) is 2.85. The van der Waals surface area contributed by atoms with Gasteiger partial charge >= 0.3 is 0 Å². The summed E-state index contributed by atoms with van der Waals surface area (Å²) in [6.45, 7) is 0.420. The number of anilines is 1. The second-order valence-electron chi connectivity index (χ2n) is 3.62. The van der Waals surface area contributed by atoms with E-state index in [1.807, 2.05) is 18.2 Å². The van der Waals surface area contributed by atoms with Crippen LogP contribution in [0.25, 0.3) is 0 Å². The van der Waals surface area contributed by atoms with E-state index in [-0.39, 0.29) is 5.56 Å². The van der Waals surface area contributed by atoms with E-state index in [2.05, 4.69) is 10.4 Å². The summed E-state index contributed by atoms with van der Waals surface area (Å²) in [7, 11) is 1.75. The summed E-state index contributed by atoms with van der Waals surface area (Å²) < 4.78 is 1.40. The molecule has 0 amide bonds. The minimum absolute atomic E-state index is 0.142. The molecule has 0 fully saturated rings. The number of hydrogen-bond acceptors (Lipinski definition) is 3. The quantitative estimate of drug-likeness (QED) is 0.905. The number of rotatable bonds is 3. The first-order valence-electron chi connectivity index (χ1n) is 5.18. The van der Waals surface area contributed by atoms with Gasteiger partial charge in [0.1, 0.15) is 0 Å². The second-order valence-corrected chi connectivity index (χ2v) is 4.06. The molecule has 2 aromatic rings. The van der Waals surface area contributed by atoms with E-state index >= 15 is 0 Å². The van der Waals surface area contributed by atoms with Crippen LogP contribution < -0.4 is 10.9 Å². The maximum atomic E-state index is 11.7. The molecule has 0 atom stereocenters. The molecule has 0 aliphatic carbocycles. The normalized spacial score (nSPS) is 10.2. The summed E-state index contributed by atoms with van der Waals surface area (Å²) >= 11 is 5.88. The third-order valence-electron chi connectivity index (χ3n) is 2.38. The highest BCUT2D eigenvalue weighted by Gasteiger charge is 2.01. The first-order chi connectivity index (χ1) is 8.19. The molecule has 0 unspecified atom stereocenters. The van der Waals surface area contributed by atoms with Crippen molar-refractivity contribution in [2.75, 3.05) is 12.4 Å². The van der Waals surface area contributed by atoms with Gasteiger partial charge in [-0.15, -0.1) is 0 Å². The lowest BCUT2D eigenvalue weighted by Crippen LogP contribution is -2.22. The number of halogens is 1. The lowest BCUT2D eigenvalue weighted by molar-refractivity contribution is 0.640. The van der Waals surface area contributed by atoms with Gasteiger partial charge in [0.15, 0.2) is 0 Å². The van der Waals surface area contributed by atoms with Gasteiger partial charge in [0, 0.05) is 18.1 Å². The molecule has 1 aromatic heterocycles. The molecule has 0 aliphatic rings. The molecule has 0 aliphatic heterocycles. The minimum atomic E-state index is -0.142. The van der Waals surface area contributed by atoms with Crippen molar-refractivity contribution in [3.63, 3.8) is 0 Å². The van der Waals surface area contributed by atoms with E-state index in [0.29, 0.717) is 17.3 Å². The standard InChI is InChI=1S/C12H12ClN3O/c1-14-11-6-12(17)16(15-7-11)8-9-3-2-4-10(13)5-9/h2-7,14H,8H2,1H3. The van der Waals surface area contributed by atoms with Crippen LogP contribution in [0.4, 0.5) is 5.69 Å². The number of hydrogen-bond donors (Lipinski definition) is 1. The van der Waals surface area contributed by atoms with Crippen molar-refractivity contribution in [2.24, 2.45) is 0 Å². The molecule has 88 valence electrons. The zero-order valence-electron chi connectivity index (χ0n) is 9.35. The summed E-state index contributed by atoms with van der Waals surface area (Å²) in [5, 5.41) is 7.60. The van der Waals surface area contributed by atoms with Gasteiger partial charge < -0.3 is 5.32 Å². The van der Waals surface area contributed by atoms with Crippen molar-refractivity contribution in [1.82, 2.24) is 9.78 Å². The Kier molecular flexibility index (Phi) is 3.44. The summed E-state index contributed by atoms with van der Waals surface area (Å²) in [6.07, 6.45) is 1.62. The van der Waals surface area contributed by atoms with Crippen molar-refractivity contribution >= 4 is 17.3 Å². The van der Waals surface area contributed by atoms with Crippen LogP contribution >= 0.6 is 11.6 Å². The molecule has 0 spiro atoms. The predicted molar refractivity (Wildman–Crippen MR) is 68.6 cm³/mol. The Labute approximate surface area is 104 Å². The van der Waals surface area contributed by atoms with Crippen molar-refractivity contribution in [1.29, 1.82) is 0 Å². The molecule has 1 heterocycles. The molecule has 17 heavy (non-hydrogen) atoms. The molecule has 2 rings (SSSR count). The van der Waals surface area contributed by atoms with E-state index in [4.69, 9.17) is 11.6 Å². The van der Waals surface area contributed by atoms with Gasteiger partial charge in [-0.05, 0) is 17.7 Å². The largest absolute Gasteiger partial charge is 0.387 e.